The van der Waals surface area contributed by atoms with Crippen molar-refractivity contribution in [2.75, 3.05) is 5.32 Å². The van der Waals surface area contributed by atoms with Gasteiger partial charge in [-0.15, -0.1) is 0 Å². The van der Waals surface area contributed by atoms with Crippen LogP contribution in [0.4, 0.5) is 5.69 Å². The molecule has 118 valence electrons. The number of carboxylic acids is 1. The molecular formula is C15H10BrClN2O3S. The molecule has 0 unspecified atom stereocenters. The molecular weight excluding hydrogens is 404 g/mol. The second kappa shape index (κ2) is 7.54. The minimum Gasteiger partial charge on any atom is -0.478 e. The van der Waals surface area contributed by atoms with Crippen LogP contribution >= 0.6 is 39.7 Å². The van der Waals surface area contributed by atoms with Gasteiger partial charge in [0, 0.05) is 10.2 Å². The molecule has 0 aliphatic rings. The first-order valence-corrected chi connectivity index (χ1v) is 7.86. The number of carbonyl (C=O) groups is 2. The molecule has 0 fully saturated rings. The zero-order chi connectivity index (χ0) is 17.0. The summed E-state index contributed by atoms with van der Waals surface area (Å²) in [5.41, 5.74) is 0.897. The van der Waals surface area contributed by atoms with Crippen LogP contribution in [-0.4, -0.2) is 22.1 Å². The highest BCUT2D eigenvalue weighted by molar-refractivity contribution is 9.10. The third kappa shape index (κ3) is 4.51. The van der Waals surface area contributed by atoms with E-state index in [1.54, 1.807) is 24.3 Å². The third-order valence-corrected chi connectivity index (χ3v) is 4.01. The molecule has 0 saturated heterocycles. The smallest absolute Gasteiger partial charge is 0.337 e. The van der Waals surface area contributed by atoms with E-state index in [4.69, 9.17) is 28.9 Å². The average Bonchev–Trinajstić information content (AvgIpc) is 2.47. The molecule has 0 spiro atoms. The Morgan fingerprint density at radius 3 is 2.43 bits per heavy atom. The first kappa shape index (κ1) is 17.4. The Bertz CT molecular complexity index is 798. The maximum Gasteiger partial charge on any atom is 0.337 e. The van der Waals surface area contributed by atoms with Gasteiger partial charge in [-0.05, 0) is 58.5 Å². The average molecular weight is 414 g/mol. The Hall–Kier alpha value is -1.96. The molecule has 0 bridgehead atoms. The maximum atomic E-state index is 12.1. The number of thiocarbonyl (C=S) groups is 1. The number of halogens is 2. The van der Waals surface area contributed by atoms with Crippen LogP contribution in [0.25, 0.3) is 0 Å². The highest BCUT2D eigenvalue weighted by Crippen LogP contribution is 2.21. The predicted molar refractivity (Wildman–Crippen MR) is 96.2 cm³/mol. The quantitative estimate of drug-likeness (QED) is 0.665. The lowest BCUT2D eigenvalue weighted by Gasteiger charge is -2.11. The van der Waals surface area contributed by atoms with Crippen LogP contribution in [0.1, 0.15) is 20.7 Å². The number of anilines is 1. The molecule has 3 N–H and O–H groups in total. The number of carbonyl (C=O) groups excluding carboxylic acids is 1. The Morgan fingerprint density at radius 2 is 1.83 bits per heavy atom. The fraction of sp³-hybridized carbons (Fsp3) is 0. The molecule has 0 aliphatic carbocycles. The van der Waals surface area contributed by atoms with Gasteiger partial charge < -0.3 is 10.4 Å². The van der Waals surface area contributed by atoms with Gasteiger partial charge in [-0.3, -0.25) is 10.1 Å². The van der Waals surface area contributed by atoms with Crippen molar-refractivity contribution < 1.29 is 14.7 Å². The van der Waals surface area contributed by atoms with Gasteiger partial charge in [0.1, 0.15) is 0 Å². The molecule has 2 aromatic rings. The Morgan fingerprint density at radius 1 is 1.13 bits per heavy atom. The second-order valence-corrected chi connectivity index (χ2v) is 6.06. The van der Waals surface area contributed by atoms with Gasteiger partial charge in [0.05, 0.1) is 16.1 Å². The van der Waals surface area contributed by atoms with Crippen LogP contribution in [0.2, 0.25) is 5.02 Å². The summed E-state index contributed by atoms with van der Waals surface area (Å²) in [6, 6.07) is 11.2. The predicted octanol–water partition coefficient (Wildman–Crippen LogP) is 3.93. The van der Waals surface area contributed by atoms with E-state index in [0.29, 0.717) is 15.7 Å². The number of rotatable bonds is 3. The number of carboxylic acid groups (broad SMARTS) is 1. The van der Waals surface area contributed by atoms with E-state index in [9.17, 15) is 9.59 Å². The van der Waals surface area contributed by atoms with Crippen molar-refractivity contribution in [3.8, 4) is 0 Å². The van der Waals surface area contributed by atoms with E-state index in [2.05, 4.69) is 26.6 Å². The van der Waals surface area contributed by atoms with Crippen molar-refractivity contribution in [1.82, 2.24) is 5.32 Å². The van der Waals surface area contributed by atoms with Crippen LogP contribution in [0.5, 0.6) is 0 Å². The third-order valence-electron chi connectivity index (χ3n) is 2.80. The van der Waals surface area contributed by atoms with Crippen LogP contribution in [0, 0.1) is 0 Å². The van der Waals surface area contributed by atoms with E-state index < -0.39 is 5.97 Å². The fourth-order valence-corrected chi connectivity index (χ4v) is 2.68. The first-order valence-electron chi connectivity index (χ1n) is 6.28. The van der Waals surface area contributed by atoms with Gasteiger partial charge in [0.15, 0.2) is 5.11 Å². The zero-order valence-electron chi connectivity index (χ0n) is 11.5. The Kier molecular flexibility index (Phi) is 5.70. The van der Waals surface area contributed by atoms with Gasteiger partial charge in [-0.25, -0.2) is 4.79 Å². The molecule has 0 radical (unpaired) electrons. The normalized spacial score (nSPS) is 10.0. The summed E-state index contributed by atoms with van der Waals surface area (Å²) >= 11 is 14.2. The first-order chi connectivity index (χ1) is 10.9. The summed E-state index contributed by atoms with van der Waals surface area (Å²) in [7, 11) is 0. The lowest BCUT2D eigenvalue weighted by molar-refractivity contribution is 0.0697. The van der Waals surface area contributed by atoms with Crippen LogP contribution in [-0.2, 0) is 0 Å². The Balaban J connectivity index is 2.05. The molecule has 0 aliphatic heterocycles. The molecule has 2 aromatic carbocycles. The largest absolute Gasteiger partial charge is 0.478 e. The number of amides is 1. The molecule has 1 amide bonds. The van der Waals surface area contributed by atoms with Crippen molar-refractivity contribution in [2.24, 2.45) is 0 Å². The maximum absolute atomic E-state index is 12.1. The molecule has 0 aromatic heterocycles. The SMILES string of the molecule is O=C(O)c1ccc(NC(=S)NC(=O)c2ccccc2Br)cc1Cl. The summed E-state index contributed by atoms with van der Waals surface area (Å²) < 4.78 is 0.647. The topological polar surface area (TPSA) is 78.4 Å². The van der Waals surface area contributed by atoms with Crippen molar-refractivity contribution in [3.05, 3.63) is 63.1 Å². The second-order valence-electron chi connectivity index (χ2n) is 4.39. The van der Waals surface area contributed by atoms with Crippen molar-refractivity contribution in [2.45, 2.75) is 0 Å². The lowest BCUT2D eigenvalue weighted by atomic mass is 10.2. The van der Waals surface area contributed by atoms with E-state index in [0.717, 1.165) is 0 Å². The molecule has 8 heteroatoms. The molecule has 23 heavy (non-hydrogen) atoms. The van der Waals surface area contributed by atoms with Gasteiger partial charge in [0.2, 0.25) is 0 Å². The van der Waals surface area contributed by atoms with Crippen molar-refractivity contribution in [3.63, 3.8) is 0 Å². The standard InChI is InChI=1S/C15H10BrClN2O3S/c16-11-4-2-1-3-9(11)13(20)19-15(23)18-8-5-6-10(14(21)22)12(17)7-8/h1-7H,(H,21,22)(H2,18,19,20,23). The fourth-order valence-electron chi connectivity index (χ4n) is 1.74. The van der Waals surface area contributed by atoms with Gasteiger partial charge >= 0.3 is 5.97 Å². The summed E-state index contributed by atoms with van der Waals surface area (Å²) in [6.07, 6.45) is 0. The number of aromatic carboxylic acids is 1. The van der Waals surface area contributed by atoms with Crippen LogP contribution in [0.3, 0.4) is 0 Å². The Labute approximate surface area is 150 Å². The minimum atomic E-state index is -1.12. The molecule has 0 heterocycles. The van der Waals surface area contributed by atoms with E-state index in [1.807, 2.05) is 0 Å². The summed E-state index contributed by atoms with van der Waals surface area (Å²) in [5, 5.41) is 14.4. The van der Waals surface area contributed by atoms with Gasteiger partial charge in [0.25, 0.3) is 5.91 Å². The highest BCUT2D eigenvalue weighted by Gasteiger charge is 2.12. The summed E-state index contributed by atoms with van der Waals surface area (Å²) in [5.74, 6) is -1.49. The number of nitrogens with one attached hydrogen (secondary N) is 2. The molecule has 0 atom stereocenters. The minimum absolute atomic E-state index is 0.0135. The van der Waals surface area contributed by atoms with E-state index in [-0.39, 0.29) is 21.6 Å². The summed E-state index contributed by atoms with van der Waals surface area (Å²) in [6.45, 7) is 0. The summed E-state index contributed by atoms with van der Waals surface area (Å²) in [4.78, 5) is 23.0. The van der Waals surface area contributed by atoms with E-state index in [1.165, 1.54) is 18.2 Å². The lowest BCUT2D eigenvalue weighted by Crippen LogP contribution is -2.34. The van der Waals surface area contributed by atoms with Crippen LogP contribution in [0.15, 0.2) is 46.9 Å². The highest BCUT2D eigenvalue weighted by atomic mass is 79.9. The van der Waals surface area contributed by atoms with Crippen molar-refractivity contribution >= 4 is 62.4 Å². The molecule has 2 rings (SSSR count). The van der Waals surface area contributed by atoms with E-state index >= 15 is 0 Å². The number of benzene rings is 2. The zero-order valence-corrected chi connectivity index (χ0v) is 14.6. The van der Waals surface area contributed by atoms with Gasteiger partial charge in [-0.2, -0.15) is 0 Å². The van der Waals surface area contributed by atoms with Crippen molar-refractivity contribution in [1.29, 1.82) is 0 Å². The number of hydrogen-bond acceptors (Lipinski definition) is 3. The number of hydrogen-bond donors (Lipinski definition) is 3. The van der Waals surface area contributed by atoms with Crippen LogP contribution < -0.4 is 10.6 Å². The molecule has 0 saturated carbocycles. The van der Waals surface area contributed by atoms with Gasteiger partial charge in [-0.1, -0.05) is 23.7 Å². The molecule has 5 nitrogen and oxygen atoms in total. The monoisotopic (exact) mass is 412 g/mol.